The van der Waals surface area contributed by atoms with Crippen LogP contribution < -0.4 is 0 Å². The van der Waals surface area contributed by atoms with E-state index in [4.69, 9.17) is 24.5 Å². The standard InChI is InChI=1S/C23H35N3O3.2CH2O2/c1-17-10-19(12-25-7-5-24(3)6-8-25)18(2)20(11-17)13-26-14-21-4-9-29-16-23(21,15-26)22(27)28;2*2-1-3/h10-11,21H,4-9,12-16H2,1-3H3,(H,27,28);2*1H,(H,2,3)/t21-,23+;;/m0../s1. The summed E-state index contributed by atoms with van der Waals surface area (Å²) in [6, 6.07) is 4.61. The van der Waals surface area contributed by atoms with Crippen molar-refractivity contribution in [3.05, 3.63) is 34.4 Å². The van der Waals surface area contributed by atoms with Gasteiger partial charge >= 0.3 is 5.97 Å². The van der Waals surface area contributed by atoms with Crippen LogP contribution in [0.3, 0.4) is 0 Å². The van der Waals surface area contributed by atoms with Crippen molar-refractivity contribution in [3.63, 3.8) is 0 Å². The minimum Gasteiger partial charge on any atom is -0.483 e. The minimum atomic E-state index is -0.724. The molecule has 0 radical (unpaired) electrons. The fourth-order valence-electron chi connectivity index (χ4n) is 5.34. The molecule has 4 rings (SSSR count). The molecule has 10 nitrogen and oxygen atoms in total. The summed E-state index contributed by atoms with van der Waals surface area (Å²) in [6.45, 7) is 12.7. The lowest BCUT2D eigenvalue weighted by Gasteiger charge is -2.34. The van der Waals surface area contributed by atoms with Crippen LogP contribution in [-0.4, -0.2) is 108 Å². The largest absolute Gasteiger partial charge is 0.483 e. The number of likely N-dealkylation sites (N-methyl/N-ethyl adjacent to an activating group) is 1. The number of nitrogens with zero attached hydrogens (tertiary/aromatic N) is 3. The van der Waals surface area contributed by atoms with Crippen LogP contribution in [0.2, 0.25) is 0 Å². The van der Waals surface area contributed by atoms with Crippen LogP contribution in [0, 0.1) is 25.2 Å². The molecule has 0 amide bonds. The first-order chi connectivity index (χ1) is 16.7. The summed E-state index contributed by atoms with van der Waals surface area (Å²) >= 11 is 0. The quantitative estimate of drug-likeness (QED) is 0.517. The molecular formula is C25H39N3O7. The molecule has 196 valence electrons. The highest BCUT2D eigenvalue weighted by atomic mass is 16.5. The van der Waals surface area contributed by atoms with Gasteiger partial charge in [0.05, 0.1) is 6.61 Å². The molecule has 2 atom stereocenters. The molecular weight excluding hydrogens is 454 g/mol. The summed E-state index contributed by atoms with van der Waals surface area (Å²) < 4.78 is 5.58. The zero-order valence-electron chi connectivity index (χ0n) is 21.0. The van der Waals surface area contributed by atoms with Crippen LogP contribution in [0.15, 0.2) is 12.1 Å². The van der Waals surface area contributed by atoms with Gasteiger partial charge in [0, 0.05) is 59.0 Å². The Kier molecular flexibility index (Phi) is 11.1. The predicted octanol–water partition coefficient (Wildman–Crippen LogP) is 1.38. The van der Waals surface area contributed by atoms with Gasteiger partial charge < -0.3 is 25.0 Å². The maximum Gasteiger partial charge on any atom is 0.313 e. The number of carboxylic acids is 1. The van der Waals surface area contributed by atoms with Crippen molar-refractivity contribution in [3.8, 4) is 0 Å². The van der Waals surface area contributed by atoms with Gasteiger partial charge in [-0.3, -0.25) is 24.2 Å². The van der Waals surface area contributed by atoms with E-state index in [0.717, 1.165) is 52.2 Å². The number of carbonyl (C=O) groups is 3. The predicted molar refractivity (Wildman–Crippen MR) is 130 cm³/mol. The number of benzene rings is 1. The van der Waals surface area contributed by atoms with Crippen molar-refractivity contribution in [2.45, 2.75) is 33.4 Å². The van der Waals surface area contributed by atoms with E-state index in [0.29, 0.717) is 19.8 Å². The lowest BCUT2D eigenvalue weighted by molar-refractivity contribution is -0.159. The molecule has 1 aromatic rings. The maximum atomic E-state index is 12.1. The number of aliphatic carboxylic acids is 1. The van der Waals surface area contributed by atoms with Crippen LogP contribution in [-0.2, 0) is 32.2 Å². The van der Waals surface area contributed by atoms with E-state index in [2.05, 4.69) is 47.7 Å². The van der Waals surface area contributed by atoms with Crippen LogP contribution in [0.5, 0.6) is 0 Å². The van der Waals surface area contributed by atoms with Crippen molar-refractivity contribution in [2.24, 2.45) is 11.3 Å². The Balaban J connectivity index is 0.000000655. The lowest BCUT2D eigenvalue weighted by Crippen LogP contribution is -2.46. The first kappa shape index (κ1) is 28.7. The van der Waals surface area contributed by atoms with E-state index in [1.807, 2.05) is 0 Å². The Bertz CT molecular complexity index is 852. The maximum absolute atomic E-state index is 12.1. The Morgan fingerprint density at radius 1 is 1.06 bits per heavy atom. The normalized spacial score (nSPS) is 24.8. The second-order valence-corrected chi connectivity index (χ2v) is 9.67. The van der Waals surface area contributed by atoms with E-state index >= 15 is 0 Å². The van der Waals surface area contributed by atoms with Gasteiger partial charge in [0.15, 0.2) is 0 Å². The number of carboxylic acid groups (broad SMARTS) is 3. The van der Waals surface area contributed by atoms with Gasteiger partial charge in [-0.25, -0.2) is 0 Å². The molecule has 3 fully saturated rings. The molecule has 1 aromatic carbocycles. The Morgan fingerprint density at radius 3 is 2.11 bits per heavy atom. The first-order valence-electron chi connectivity index (χ1n) is 11.9. The average Bonchev–Trinajstić information content (AvgIpc) is 3.19. The van der Waals surface area contributed by atoms with Gasteiger partial charge in [-0.05, 0) is 49.9 Å². The van der Waals surface area contributed by atoms with E-state index < -0.39 is 11.4 Å². The van der Waals surface area contributed by atoms with Crippen molar-refractivity contribution < 1.29 is 34.4 Å². The number of rotatable bonds is 5. The molecule has 0 aromatic heterocycles. The Hall–Kier alpha value is -2.53. The number of piperazine rings is 1. The summed E-state index contributed by atoms with van der Waals surface area (Å²) in [5, 5.41) is 23.7. The van der Waals surface area contributed by atoms with E-state index in [-0.39, 0.29) is 18.9 Å². The van der Waals surface area contributed by atoms with Gasteiger partial charge in [0.1, 0.15) is 5.41 Å². The molecule has 0 bridgehead atoms. The number of fused-ring (bicyclic) bond motifs is 1. The van der Waals surface area contributed by atoms with E-state index in [9.17, 15) is 9.90 Å². The summed E-state index contributed by atoms with van der Waals surface area (Å²) in [4.78, 5) is 36.1. The monoisotopic (exact) mass is 493 g/mol. The third-order valence-electron chi connectivity index (χ3n) is 7.31. The molecule has 3 aliphatic heterocycles. The smallest absolute Gasteiger partial charge is 0.313 e. The number of hydrogen-bond donors (Lipinski definition) is 3. The number of aryl methyl sites for hydroxylation is 1. The van der Waals surface area contributed by atoms with Crippen LogP contribution in [0.4, 0.5) is 0 Å². The van der Waals surface area contributed by atoms with Gasteiger partial charge in [-0.2, -0.15) is 0 Å². The van der Waals surface area contributed by atoms with Crippen LogP contribution in [0.25, 0.3) is 0 Å². The third kappa shape index (κ3) is 7.47. The van der Waals surface area contributed by atoms with E-state index in [1.54, 1.807) is 0 Å². The molecule has 0 unspecified atom stereocenters. The van der Waals surface area contributed by atoms with Gasteiger partial charge in [-0.1, -0.05) is 17.7 Å². The summed E-state index contributed by atoms with van der Waals surface area (Å²) in [7, 11) is 2.19. The van der Waals surface area contributed by atoms with Gasteiger partial charge in [-0.15, -0.1) is 0 Å². The van der Waals surface area contributed by atoms with Gasteiger partial charge in [0.25, 0.3) is 12.9 Å². The molecule has 35 heavy (non-hydrogen) atoms. The Morgan fingerprint density at radius 2 is 1.60 bits per heavy atom. The molecule has 0 aliphatic carbocycles. The summed E-state index contributed by atoms with van der Waals surface area (Å²) in [5.41, 5.74) is 4.69. The first-order valence-corrected chi connectivity index (χ1v) is 11.9. The molecule has 3 aliphatic rings. The highest BCUT2D eigenvalue weighted by Crippen LogP contribution is 2.42. The molecule has 3 saturated heterocycles. The SMILES string of the molecule is Cc1cc(CN2CCN(C)CC2)c(C)c(CN2C[C@@H]3CCOC[C@]3(C(=O)O)C2)c1.O=CO.O=CO. The molecule has 0 saturated carbocycles. The summed E-state index contributed by atoms with van der Waals surface area (Å²) in [5.74, 6) is -0.495. The van der Waals surface area contributed by atoms with Crippen molar-refractivity contribution in [1.82, 2.24) is 14.7 Å². The number of likely N-dealkylation sites (tertiary alicyclic amines) is 1. The topological polar surface area (TPSA) is 131 Å². The Labute approximate surface area is 207 Å². The zero-order chi connectivity index (χ0) is 26.0. The fraction of sp³-hybridized carbons (Fsp3) is 0.640. The average molecular weight is 494 g/mol. The van der Waals surface area contributed by atoms with Crippen molar-refractivity contribution in [1.29, 1.82) is 0 Å². The second kappa shape index (κ2) is 13.5. The molecule has 0 spiro atoms. The fourth-order valence-corrected chi connectivity index (χ4v) is 5.34. The highest BCUT2D eigenvalue weighted by Gasteiger charge is 2.54. The zero-order valence-corrected chi connectivity index (χ0v) is 21.0. The van der Waals surface area contributed by atoms with Gasteiger partial charge in [0.2, 0.25) is 0 Å². The second-order valence-electron chi connectivity index (χ2n) is 9.67. The minimum absolute atomic E-state index is 0.198. The number of ether oxygens (including phenoxy) is 1. The summed E-state index contributed by atoms with van der Waals surface area (Å²) in [6.07, 6.45) is 0.851. The molecule has 3 N–H and O–H groups in total. The third-order valence-corrected chi connectivity index (χ3v) is 7.31. The van der Waals surface area contributed by atoms with Crippen LogP contribution >= 0.6 is 0 Å². The lowest BCUT2D eigenvalue weighted by atomic mass is 9.76. The molecule has 10 heteroatoms. The number of hydrogen-bond acceptors (Lipinski definition) is 7. The van der Waals surface area contributed by atoms with Crippen molar-refractivity contribution in [2.75, 3.05) is 59.5 Å². The highest BCUT2D eigenvalue weighted by molar-refractivity contribution is 5.76. The van der Waals surface area contributed by atoms with E-state index in [1.165, 1.54) is 22.3 Å². The van der Waals surface area contributed by atoms with Crippen molar-refractivity contribution >= 4 is 18.9 Å². The molecule has 3 heterocycles. The van der Waals surface area contributed by atoms with Crippen LogP contribution in [0.1, 0.15) is 28.7 Å².